The maximum Gasteiger partial charge on any atom is 0.272 e. The van der Waals surface area contributed by atoms with Crippen LogP contribution in [0.3, 0.4) is 0 Å². The van der Waals surface area contributed by atoms with Crippen LogP contribution >= 0.6 is 0 Å². The Bertz CT molecular complexity index is 371. The Morgan fingerprint density at radius 1 is 1.69 bits per heavy atom. The Labute approximate surface area is 94.7 Å². The summed E-state index contributed by atoms with van der Waals surface area (Å²) in [6.07, 6.45) is 4.88. The smallest absolute Gasteiger partial charge is 0.272 e. The van der Waals surface area contributed by atoms with Crippen LogP contribution in [0.4, 0.5) is 0 Å². The van der Waals surface area contributed by atoms with Gasteiger partial charge in [0, 0.05) is 25.8 Å². The molecule has 0 bridgehead atoms. The van der Waals surface area contributed by atoms with Crippen LogP contribution in [0.2, 0.25) is 0 Å². The average Bonchev–Trinajstić information content (AvgIpc) is 2.60. The molecule has 0 atom stereocenters. The highest BCUT2D eigenvalue weighted by Crippen LogP contribution is 2.25. The first-order chi connectivity index (χ1) is 7.74. The second-order valence-electron chi connectivity index (χ2n) is 4.15. The summed E-state index contributed by atoms with van der Waals surface area (Å²) in [7, 11) is 1.76. The third kappa shape index (κ3) is 1.95. The maximum atomic E-state index is 12.2. The minimum atomic E-state index is -0.0289. The molecule has 0 aromatic carbocycles. The monoisotopic (exact) mass is 223 g/mol. The quantitative estimate of drug-likeness (QED) is 0.804. The minimum Gasteiger partial charge on any atom is -0.395 e. The molecule has 5 nitrogen and oxygen atoms in total. The molecule has 1 aliphatic carbocycles. The standard InChI is InChI=1S/C11H17N3O2/c1-13-10(5-6-12-13)11(16)14(7-8-15)9-3-2-4-9/h5-6,9,15H,2-4,7-8H2,1H3. The average molecular weight is 223 g/mol. The van der Waals surface area contributed by atoms with Crippen LogP contribution in [0.25, 0.3) is 0 Å². The molecule has 1 N–H and O–H groups in total. The molecule has 0 radical (unpaired) electrons. The van der Waals surface area contributed by atoms with Gasteiger partial charge in [0.15, 0.2) is 0 Å². The van der Waals surface area contributed by atoms with Gasteiger partial charge < -0.3 is 10.0 Å². The Hall–Kier alpha value is -1.36. The zero-order valence-corrected chi connectivity index (χ0v) is 9.46. The summed E-state index contributed by atoms with van der Waals surface area (Å²) in [6.45, 7) is 0.425. The lowest BCUT2D eigenvalue weighted by Crippen LogP contribution is -2.46. The molecule has 1 aromatic rings. The lowest BCUT2D eigenvalue weighted by atomic mass is 9.91. The van der Waals surface area contributed by atoms with E-state index in [0.717, 1.165) is 12.8 Å². The molecule has 1 fully saturated rings. The number of carbonyl (C=O) groups is 1. The van der Waals surface area contributed by atoms with Crippen molar-refractivity contribution < 1.29 is 9.90 Å². The maximum absolute atomic E-state index is 12.2. The second kappa shape index (κ2) is 4.65. The Morgan fingerprint density at radius 3 is 2.88 bits per heavy atom. The van der Waals surface area contributed by atoms with E-state index in [2.05, 4.69) is 5.10 Å². The van der Waals surface area contributed by atoms with Gasteiger partial charge in [-0.05, 0) is 25.3 Å². The van der Waals surface area contributed by atoms with E-state index in [0.29, 0.717) is 18.3 Å². The van der Waals surface area contributed by atoms with Crippen molar-refractivity contribution in [3.05, 3.63) is 18.0 Å². The first-order valence-electron chi connectivity index (χ1n) is 5.64. The zero-order chi connectivity index (χ0) is 11.5. The van der Waals surface area contributed by atoms with Crippen LogP contribution < -0.4 is 0 Å². The van der Waals surface area contributed by atoms with E-state index in [9.17, 15) is 4.79 Å². The van der Waals surface area contributed by atoms with Gasteiger partial charge in [-0.15, -0.1) is 0 Å². The number of rotatable bonds is 4. The van der Waals surface area contributed by atoms with E-state index >= 15 is 0 Å². The van der Waals surface area contributed by atoms with E-state index in [-0.39, 0.29) is 12.5 Å². The molecule has 1 saturated carbocycles. The van der Waals surface area contributed by atoms with Crippen LogP contribution in [0.15, 0.2) is 12.3 Å². The van der Waals surface area contributed by atoms with Crippen molar-refractivity contribution in [1.82, 2.24) is 14.7 Å². The number of aryl methyl sites for hydroxylation is 1. The van der Waals surface area contributed by atoms with Gasteiger partial charge in [0.2, 0.25) is 0 Å². The highest BCUT2D eigenvalue weighted by atomic mass is 16.3. The molecule has 1 heterocycles. The van der Waals surface area contributed by atoms with Crippen molar-refractivity contribution in [2.75, 3.05) is 13.2 Å². The lowest BCUT2D eigenvalue weighted by Gasteiger charge is -2.37. The molecule has 0 unspecified atom stereocenters. The number of aromatic nitrogens is 2. The van der Waals surface area contributed by atoms with Gasteiger partial charge in [0.1, 0.15) is 5.69 Å². The number of nitrogens with zero attached hydrogens (tertiary/aromatic N) is 3. The minimum absolute atomic E-state index is 0.0140. The number of hydrogen-bond acceptors (Lipinski definition) is 3. The topological polar surface area (TPSA) is 58.4 Å². The highest BCUT2D eigenvalue weighted by Gasteiger charge is 2.29. The summed E-state index contributed by atoms with van der Waals surface area (Å²) < 4.78 is 1.57. The summed E-state index contributed by atoms with van der Waals surface area (Å²) in [6, 6.07) is 2.01. The fraction of sp³-hybridized carbons (Fsp3) is 0.636. The lowest BCUT2D eigenvalue weighted by molar-refractivity contribution is 0.0515. The molecule has 1 aliphatic rings. The molecule has 88 valence electrons. The van der Waals surface area contributed by atoms with Gasteiger partial charge in [-0.2, -0.15) is 5.10 Å². The summed E-state index contributed by atoms with van der Waals surface area (Å²) in [5, 5.41) is 13.0. The summed E-state index contributed by atoms with van der Waals surface area (Å²) in [5.41, 5.74) is 0.584. The summed E-state index contributed by atoms with van der Waals surface area (Å²) >= 11 is 0. The predicted molar refractivity (Wildman–Crippen MR) is 59.0 cm³/mol. The van der Waals surface area contributed by atoms with Crippen molar-refractivity contribution in [2.24, 2.45) is 7.05 Å². The molecule has 1 aromatic heterocycles. The van der Waals surface area contributed by atoms with Gasteiger partial charge >= 0.3 is 0 Å². The number of aliphatic hydroxyl groups is 1. The zero-order valence-electron chi connectivity index (χ0n) is 9.46. The third-order valence-corrected chi connectivity index (χ3v) is 3.16. The normalized spacial score (nSPS) is 15.9. The van der Waals surface area contributed by atoms with E-state index in [1.54, 1.807) is 28.9 Å². The third-order valence-electron chi connectivity index (χ3n) is 3.16. The van der Waals surface area contributed by atoms with Gasteiger partial charge in [0.25, 0.3) is 5.91 Å². The molecule has 0 aliphatic heterocycles. The summed E-state index contributed by atoms with van der Waals surface area (Å²) in [5.74, 6) is -0.0289. The Balaban J connectivity index is 2.13. The fourth-order valence-electron chi connectivity index (χ4n) is 1.99. The van der Waals surface area contributed by atoms with Crippen LogP contribution in [-0.4, -0.2) is 44.9 Å². The van der Waals surface area contributed by atoms with Crippen molar-refractivity contribution in [3.8, 4) is 0 Å². The number of hydrogen-bond donors (Lipinski definition) is 1. The van der Waals surface area contributed by atoms with Crippen molar-refractivity contribution in [3.63, 3.8) is 0 Å². The van der Waals surface area contributed by atoms with Crippen LogP contribution in [0, 0.1) is 0 Å². The first-order valence-corrected chi connectivity index (χ1v) is 5.64. The van der Waals surface area contributed by atoms with E-state index in [1.165, 1.54) is 6.42 Å². The number of carbonyl (C=O) groups excluding carboxylic acids is 1. The van der Waals surface area contributed by atoms with Gasteiger partial charge in [0.05, 0.1) is 6.61 Å². The van der Waals surface area contributed by atoms with Crippen LogP contribution in [0.1, 0.15) is 29.8 Å². The van der Waals surface area contributed by atoms with Crippen LogP contribution in [0.5, 0.6) is 0 Å². The highest BCUT2D eigenvalue weighted by molar-refractivity contribution is 5.92. The van der Waals surface area contributed by atoms with Crippen molar-refractivity contribution in [2.45, 2.75) is 25.3 Å². The number of aliphatic hydroxyl groups excluding tert-OH is 1. The Morgan fingerprint density at radius 2 is 2.44 bits per heavy atom. The second-order valence-corrected chi connectivity index (χ2v) is 4.15. The van der Waals surface area contributed by atoms with Gasteiger partial charge in [-0.1, -0.05) is 0 Å². The van der Waals surface area contributed by atoms with Gasteiger partial charge in [-0.3, -0.25) is 9.48 Å². The van der Waals surface area contributed by atoms with E-state index in [4.69, 9.17) is 5.11 Å². The largest absolute Gasteiger partial charge is 0.395 e. The molecular formula is C11H17N3O2. The molecular weight excluding hydrogens is 206 g/mol. The molecule has 0 saturated heterocycles. The summed E-state index contributed by atoms with van der Waals surface area (Å²) in [4.78, 5) is 14.0. The molecule has 16 heavy (non-hydrogen) atoms. The molecule has 1 amide bonds. The fourth-order valence-corrected chi connectivity index (χ4v) is 1.99. The van der Waals surface area contributed by atoms with Crippen LogP contribution in [-0.2, 0) is 7.05 Å². The first kappa shape index (κ1) is 11.1. The molecule has 5 heteroatoms. The van der Waals surface area contributed by atoms with Gasteiger partial charge in [-0.25, -0.2) is 0 Å². The molecule has 2 rings (SSSR count). The SMILES string of the molecule is Cn1nccc1C(=O)N(CCO)C1CCC1. The van der Waals surface area contributed by atoms with Crippen molar-refractivity contribution >= 4 is 5.91 Å². The molecule has 0 spiro atoms. The number of amides is 1. The van der Waals surface area contributed by atoms with E-state index < -0.39 is 0 Å². The Kier molecular flexibility index (Phi) is 3.24. The predicted octanol–water partition coefficient (Wildman–Crippen LogP) is 0.407. The van der Waals surface area contributed by atoms with E-state index in [1.807, 2.05) is 0 Å². The van der Waals surface area contributed by atoms with Crippen molar-refractivity contribution in [1.29, 1.82) is 0 Å².